The molecule has 1 unspecified atom stereocenters. The van der Waals surface area contributed by atoms with Gasteiger partial charge in [-0.2, -0.15) is 5.10 Å². The molecule has 5 rings (SSSR count). The highest BCUT2D eigenvalue weighted by molar-refractivity contribution is 5.75. The number of halogens is 1. The molecule has 0 radical (unpaired) electrons. The molecule has 0 aliphatic carbocycles. The van der Waals surface area contributed by atoms with Crippen LogP contribution in [0.15, 0.2) is 42.6 Å². The van der Waals surface area contributed by atoms with E-state index in [2.05, 4.69) is 16.4 Å². The summed E-state index contributed by atoms with van der Waals surface area (Å²) in [6.45, 7) is 4.86. The Bertz CT molecular complexity index is 1200. The van der Waals surface area contributed by atoms with E-state index < -0.39 is 0 Å². The van der Waals surface area contributed by atoms with Gasteiger partial charge in [0.1, 0.15) is 12.4 Å². The van der Waals surface area contributed by atoms with Crippen LogP contribution in [-0.4, -0.2) is 45.3 Å². The Morgan fingerprint density at radius 1 is 1.27 bits per heavy atom. The average Bonchev–Trinajstić information content (AvgIpc) is 3.51. The molecule has 2 aromatic heterocycles. The van der Waals surface area contributed by atoms with Gasteiger partial charge in [-0.15, -0.1) is 0 Å². The van der Waals surface area contributed by atoms with Crippen LogP contribution in [0.25, 0.3) is 11.3 Å². The zero-order chi connectivity index (χ0) is 23.0. The summed E-state index contributed by atoms with van der Waals surface area (Å²) in [6, 6.07) is 10.3. The van der Waals surface area contributed by atoms with E-state index in [1.54, 1.807) is 30.5 Å². The van der Waals surface area contributed by atoms with E-state index in [9.17, 15) is 9.18 Å². The number of anilines is 1. The van der Waals surface area contributed by atoms with Gasteiger partial charge in [-0.1, -0.05) is 18.2 Å². The van der Waals surface area contributed by atoms with Crippen LogP contribution in [0.5, 0.6) is 5.75 Å². The van der Waals surface area contributed by atoms with Crippen LogP contribution >= 0.6 is 0 Å². The van der Waals surface area contributed by atoms with Crippen LogP contribution in [0.4, 0.5) is 15.0 Å². The monoisotopic (exact) mass is 450 g/mol. The fraction of sp³-hybridized carbons (Fsp3) is 0.375. The van der Waals surface area contributed by atoms with E-state index in [-0.39, 0.29) is 29.7 Å². The lowest BCUT2D eigenvalue weighted by Crippen LogP contribution is -2.40. The van der Waals surface area contributed by atoms with Crippen molar-refractivity contribution in [3.63, 3.8) is 0 Å². The minimum Gasteiger partial charge on any atom is -0.485 e. The molecule has 2 aliphatic heterocycles. The summed E-state index contributed by atoms with van der Waals surface area (Å²) in [5.74, 6) is 0.308. The van der Waals surface area contributed by atoms with Gasteiger partial charge in [-0.3, -0.25) is 4.68 Å². The molecule has 1 aromatic carbocycles. The second-order valence-corrected chi connectivity index (χ2v) is 8.66. The smallest absolute Gasteiger partial charge is 0.317 e. The number of carbonyl (C=O) groups is 1. The van der Waals surface area contributed by atoms with Crippen molar-refractivity contribution in [2.75, 3.05) is 25.4 Å². The molecule has 2 aliphatic rings. The molecular weight excluding hydrogens is 423 g/mol. The second-order valence-electron chi connectivity index (χ2n) is 8.66. The molecule has 3 aromatic rings. The van der Waals surface area contributed by atoms with Gasteiger partial charge >= 0.3 is 6.03 Å². The topological polar surface area (TPSA) is 98.3 Å². The van der Waals surface area contributed by atoms with Crippen molar-refractivity contribution in [3.05, 3.63) is 59.7 Å². The van der Waals surface area contributed by atoms with Crippen LogP contribution in [0.2, 0.25) is 0 Å². The number of benzene rings is 1. The van der Waals surface area contributed by atoms with E-state index in [4.69, 9.17) is 15.6 Å². The Morgan fingerprint density at radius 3 is 2.91 bits per heavy atom. The Kier molecular flexibility index (Phi) is 5.39. The third kappa shape index (κ3) is 3.88. The summed E-state index contributed by atoms with van der Waals surface area (Å²) in [4.78, 5) is 18.5. The van der Waals surface area contributed by atoms with Gasteiger partial charge in [0.2, 0.25) is 0 Å². The Morgan fingerprint density at radius 2 is 2.09 bits per heavy atom. The lowest BCUT2D eigenvalue weighted by Gasteiger charge is -2.23. The van der Waals surface area contributed by atoms with Crippen LogP contribution in [0.1, 0.15) is 31.0 Å². The van der Waals surface area contributed by atoms with Crippen molar-refractivity contribution in [1.29, 1.82) is 0 Å². The number of ether oxygens (including phenoxy) is 1. The largest absolute Gasteiger partial charge is 0.485 e. The van der Waals surface area contributed by atoms with Crippen molar-refractivity contribution >= 4 is 11.8 Å². The number of amides is 2. The molecule has 1 fully saturated rings. The zero-order valence-corrected chi connectivity index (χ0v) is 18.6. The molecule has 2 amide bonds. The third-order valence-electron chi connectivity index (χ3n) is 6.61. The van der Waals surface area contributed by atoms with Crippen molar-refractivity contribution in [3.8, 4) is 17.0 Å². The number of hydrogen-bond acceptors (Lipinski definition) is 5. The second kappa shape index (κ2) is 8.38. The first-order valence-electron chi connectivity index (χ1n) is 11.2. The highest BCUT2D eigenvalue weighted by Gasteiger charge is 2.46. The predicted molar refractivity (Wildman–Crippen MR) is 122 cm³/mol. The molecule has 1 spiro atoms. The first-order chi connectivity index (χ1) is 16.0. The van der Waals surface area contributed by atoms with Gasteiger partial charge in [0.15, 0.2) is 11.6 Å². The van der Waals surface area contributed by atoms with Crippen molar-refractivity contribution in [2.45, 2.75) is 38.3 Å². The fourth-order valence-electron chi connectivity index (χ4n) is 4.81. The maximum Gasteiger partial charge on any atom is 0.317 e. The summed E-state index contributed by atoms with van der Waals surface area (Å²) in [7, 11) is 0. The number of nitrogens with two attached hydrogens (primary N) is 1. The fourth-order valence-corrected chi connectivity index (χ4v) is 4.81. The van der Waals surface area contributed by atoms with Gasteiger partial charge in [-0.05, 0) is 38.0 Å². The molecule has 4 heterocycles. The highest BCUT2D eigenvalue weighted by atomic mass is 19.1. The van der Waals surface area contributed by atoms with E-state index in [1.807, 2.05) is 16.5 Å². The van der Waals surface area contributed by atoms with Crippen LogP contribution in [-0.2, 0) is 18.6 Å². The third-order valence-corrected chi connectivity index (χ3v) is 6.61. The van der Waals surface area contributed by atoms with Crippen LogP contribution in [0.3, 0.4) is 0 Å². The van der Waals surface area contributed by atoms with Gasteiger partial charge in [-0.25, -0.2) is 14.2 Å². The number of carbonyl (C=O) groups excluding carboxylic acids is 1. The zero-order valence-electron chi connectivity index (χ0n) is 18.6. The first kappa shape index (κ1) is 21.2. The number of nitrogens with zero attached hydrogens (tertiary/aromatic N) is 4. The van der Waals surface area contributed by atoms with E-state index in [0.29, 0.717) is 24.4 Å². The van der Waals surface area contributed by atoms with E-state index >= 15 is 0 Å². The number of aromatic nitrogens is 3. The number of urea groups is 1. The van der Waals surface area contributed by atoms with Gasteiger partial charge < -0.3 is 20.7 Å². The molecule has 3 N–H and O–H groups in total. The van der Waals surface area contributed by atoms with Gasteiger partial charge in [0.05, 0.1) is 5.69 Å². The number of aryl methyl sites for hydroxylation is 1. The Hall–Kier alpha value is -3.62. The molecule has 0 bridgehead atoms. The van der Waals surface area contributed by atoms with Crippen molar-refractivity contribution in [2.24, 2.45) is 0 Å². The summed E-state index contributed by atoms with van der Waals surface area (Å²) < 4.78 is 21.7. The first-order valence-corrected chi connectivity index (χ1v) is 11.2. The number of likely N-dealkylation sites (tertiary alicyclic amines) is 1. The van der Waals surface area contributed by atoms with E-state index in [1.165, 1.54) is 6.07 Å². The number of nitrogens with one attached hydrogen (secondary N) is 1. The standard InChI is InChI=1S/C24H27FN6O2/c1-2-27-23(32)30-9-7-24(15-30)8-10-31-21(24)12-19(29-31)17-11-20(22(26)28-13-17)33-14-16-5-3-4-6-18(16)25/h3-6,11-13H,2,7-10,14-15H2,1H3,(H2,26,28)(H,27,32). The van der Waals surface area contributed by atoms with E-state index in [0.717, 1.165) is 42.9 Å². The maximum absolute atomic E-state index is 13.9. The normalized spacial score (nSPS) is 19.2. The highest BCUT2D eigenvalue weighted by Crippen LogP contribution is 2.44. The van der Waals surface area contributed by atoms with Gasteiger partial charge in [0.25, 0.3) is 0 Å². The quantitative estimate of drug-likeness (QED) is 0.621. The van der Waals surface area contributed by atoms with Crippen molar-refractivity contribution < 1.29 is 13.9 Å². The molecule has 33 heavy (non-hydrogen) atoms. The summed E-state index contributed by atoms with van der Waals surface area (Å²) in [5.41, 5.74) is 9.10. The molecule has 8 nitrogen and oxygen atoms in total. The minimum atomic E-state index is -0.325. The van der Waals surface area contributed by atoms with Crippen LogP contribution in [0, 0.1) is 5.82 Å². The summed E-state index contributed by atoms with van der Waals surface area (Å²) >= 11 is 0. The molecule has 0 saturated carbocycles. The maximum atomic E-state index is 13.9. The SMILES string of the molecule is CCNC(=O)N1CCC2(CCn3nc(-c4cnc(N)c(OCc5ccccc5F)c4)cc32)C1. The molecule has 9 heteroatoms. The molecule has 172 valence electrons. The lowest BCUT2D eigenvalue weighted by atomic mass is 9.82. The average molecular weight is 451 g/mol. The minimum absolute atomic E-state index is 0.00746. The van der Waals surface area contributed by atoms with Crippen LogP contribution < -0.4 is 15.8 Å². The predicted octanol–water partition coefficient (Wildman–Crippen LogP) is 3.32. The lowest BCUT2D eigenvalue weighted by molar-refractivity contribution is 0.206. The Labute approximate surface area is 191 Å². The molecular formula is C24H27FN6O2. The number of fused-ring (bicyclic) bond motifs is 2. The molecule has 1 saturated heterocycles. The number of hydrogen-bond donors (Lipinski definition) is 2. The summed E-state index contributed by atoms with van der Waals surface area (Å²) in [6.07, 6.45) is 3.57. The summed E-state index contributed by atoms with van der Waals surface area (Å²) in [5, 5.41) is 7.69. The Balaban J connectivity index is 1.36. The molecule has 1 atom stereocenters. The number of pyridine rings is 1. The number of nitrogen functional groups attached to an aromatic ring is 1. The van der Waals surface area contributed by atoms with Crippen molar-refractivity contribution in [1.82, 2.24) is 25.0 Å². The number of rotatable bonds is 5. The van der Waals surface area contributed by atoms with Gasteiger partial charge in [0, 0.05) is 54.6 Å².